The molecule has 10 heteroatoms. The van der Waals surface area contributed by atoms with Crippen LogP contribution in [0.3, 0.4) is 0 Å². The van der Waals surface area contributed by atoms with Crippen LogP contribution in [0.5, 0.6) is 0 Å². The zero-order valence-electron chi connectivity index (χ0n) is 53.9. The Morgan fingerprint density at radius 3 is 1.30 bits per heavy atom. The molecular weight excluding hydrogens is 1040 g/mol. The number of likely N-dealkylation sites (N-methyl/N-ethyl adjacent to an activating group) is 1. The van der Waals surface area contributed by atoms with Crippen molar-refractivity contribution < 1.29 is 37.3 Å². The molecule has 0 heterocycles. The SMILES string of the molecule is CC\C=C/C=C/C=C/C=C\C=C\C=C\CCCCCC(=O)OC(/C=C\CCCCCCCCCCCC)C(COP(=O)([O-])OCC[N+](C)(C)C)NC(=O)CCCCCCCCCCCCCCCCCCC/C=C\C/C=C\CCCCC. The fraction of sp³-hybridized carbons (Fsp3) is 0.722. The van der Waals surface area contributed by atoms with E-state index in [1.54, 1.807) is 0 Å². The number of carbonyl (C=O) groups is 2. The lowest BCUT2D eigenvalue weighted by Crippen LogP contribution is -2.47. The van der Waals surface area contributed by atoms with E-state index in [4.69, 9.17) is 13.8 Å². The van der Waals surface area contributed by atoms with Crippen LogP contribution in [0.4, 0.5) is 0 Å². The average Bonchev–Trinajstić information content (AvgIpc) is 3.44. The van der Waals surface area contributed by atoms with E-state index < -0.39 is 26.6 Å². The molecule has 3 atom stereocenters. The maximum atomic E-state index is 13.6. The molecule has 0 aliphatic rings. The molecule has 0 fully saturated rings. The van der Waals surface area contributed by atoms with E-state index in [1.165, 1.54) is 173 Å². The number of rotatable bonds is 60. The first-order valence-corrected chi connectivity index (χ1v) is 35.2. The molecule has 0 aromatic rings. The second-order valence-corrected chi connectivity index (χ2v) is 25.2. The standard InChI is InChI=1S/C72H127N2O7P/c1-7-10-13-16-19-22-25-28-30-32-33-34-35-36-37-38-39-40-41-43-44-46-49-52-55-58-61-64-71(75)73-69(68-80-82(77,78)79-67-66-74(4,5)6)70(63-60-57-54-51-48-27-24-21-18-15-12-9-3)81-72(76)65-62-59-56-53-50-47-45-42-31-29-26-23-20-17-14-11-8-2/h11,14,17,19-20,22-23,26,28-31,42,45,47,50,60,63,69-70H,7-10,12-13,15-16,18,21,24-25,27,32-41,43-44,46,48-49,51-59,61-62,64-68H2,1-6H3,(H-,73,75,77,78)/b14-11-,20-17+,22-19-,26-23+,30-28-,31-29-,45-42+,50-47+,63-60-. The van der Waals surface area contributed by atoms with Gasteiger partial charge in [-0.05, 0) is 83.1 Å². The number of unbranched alkanes of at least 4 members (excludes halogenated alkanes) is 33. The molecular formula is C72H127N2O7P. The van der Waals surface area contributed by atoms with Crippen molar-refractivity contribution in [2.45, 2.75) is 296 Å². The molecule has 0 radical (unpaired) electrons. The topological polar surface area (TPSA) is 114 Å². The van der Waals surface area contributed by atoms with Gasteiger partial charge in [-0.3, -0.25) is 14.2 Å². The molecule has 0 aliphatic carbocycles. The smallest absolute Gasteiger partial charge is 0.306 e. The Kier molecular flexibility index (Phi) is 58.3. The van der Waals surface area contributed by atoms with Crippen LogP contribution in [0, 0.1) is 0 Å². The van der Waals surface area contributed by atoms with E-state index in [-0.39, 0.29) is 24.9 Å². The predicted molar refractivity (Wildman–Crippen MR) is 353 cm³/mol. The minimum absolute atomic E-state index is 0.0342. The summed E-state index contributed by atoms with van der Waals surface area (Å²) in [7, 11) is 1.15. The molecule has 0 saturated heterocycles. The van der Waals surface area contributed by atoms with Crippen molar-refractivity contribution in [3.05, 3.63) is 109 Å². The molecule has 0 saturated carbocycles. The predicted octanol–water partition coefficient (Wildman–Crippen LogP) is 20.7. The largest absolute Gasteiger partial charge is 0.756 e. The second-order valence-electron chi connectivity index (χ2n) is 23.7. The molecule has 1 amide bonds. The van der Waals surface area contributed by atoms with E-state index in [2.05, 4.69) is 62.5 Å². The van der Waals surface area contributed by atoms with Gasteiger partial charge >= 0.3 is 5.97 Å². The van der Waals surface area contributed by atoms with E-state index in [9.17, 15) is 19.0 Å². The summed E-state index contributed by atoms with van der Waals surface area (Å²) in [5.74, 6) is -0.591. The maximum absolute atomic E-state index is 13.6. The number of nitrogens with zero attached hydrogens (tertiary/aromatic N) is 1. The molecule has 1 N–H and O–H groups in total. The van der Waals surface area contributed by atoms with Gasteiger partial charge in [-0.1, -0.05) is 297 Å². The summed E-state index contributed by atoms with van der Waals surface area (Å²) in [6, 6.07) is -0.913. The summed E-state index contributed by atoms with van der Waals surface area (Å²) in [6.45, 7) is 6.65. The monoisotopic (exact) mass is 1160 g/mol. The Labute approximate surface area is 506 Å². The summed E-state index contributed by atoms with van der Waals surface area (Å²) in [5, 5.41) is 3.02. The van der Waals surface area contributed by atoms with Crippen molar-refractivity contribution in [1.29, 1.82) is 0 Å². The van der Waals surface area contributed by atoms with E-state index in [0.717, 1.165) is 70.6 Å². The summed E-state index contributed by atoms with van der Waals surface area (Å²) < 4.78 is 30.3. The highest BCUT2D eigenvalue weighted by Gasteiger charge is 2.27. The molecule has 0 aliphatic heterocycles. The highest BCUT2D eigenvalue weighted by Crippen LogP contribution is 2.38. The summed E-state index contributed by atoms with van der Waals surface area (Å²) in [5.41, 5.74) is 0. The average molecular weight is 1160 g/mol. The number of nitrogens with one attached hydrogen (secondary N) is 1. The number of esters is 1. The number of hydrogen-bond acceptors (Lipinski definition) is 7. The zero-order valence-corrected chi connectivity index (χ0v) is 54.8. The number of ether oxygens (including phenoxy) is 1. The van der Waals surface area contributed by atoms with E-state index in [1.807, 2.05) is 94.1 Å². The fourth-order valence-corrected chi connectivity index (χ4v) is 10.1. The summed E-state index contributed by atoms with van der Waals surface area (Å²) in [4.78, 5) is 40.1. The number of quaternary nitrogens is 1. The third kappa shape index (κ3) is 61.2. The third-order valence-corrected chi connectivity index (χ3v) is 15.6. The van der Waals surface area contributed by atoms with Crippen LogP contribution in [0.15, 0.2) is 109 Å². The van der Waals surface area contributed by atoms with Gasteiger partial charge < -0.3 is 28.5 Å². The molecule has 0 bridgehead atoms. The number of phosphoric acid groups is 1. The van der Waals surface area contributed by atoms with Gasteiger partial charge in [-0.2, -0.15) is 0 Å². The Bertz CT molecular complexity index is 1770. The van der Waals surface area contributed by atoms with Crippen LogP contribution in [-0.4, -0.2) is 69.4 Å². The van der Waals surface area contributed by atoms with Crippen molar-refractivity contribution in [1.82, 2.24) is 5.32 Å². The van der Waals surface area contributed by atoms with Gasteiger partial charge in [0.25, 0.3) is 7.82 Å². The van der Waals surface area contributed by atoms with Crippen LogP contribution >= 0.6 is 7.82 Å². The van der Waals surface area contributed by atoms with Crippen molar-refractivity contribution in [2.75, 3.05) is 40.9 Å². The van der Waals surface area contributed by atoms with Gasteiger partial charge in [0.15, 0.2) is 0 Å². The molecule has 9 nitrogen and oxygen atoms in total. The molecule has 3 unspecified atom stereocenters. The molecule has 0 spiro atoms. The van der Waals surface area contributed by atoms with Crippen molar-refractivity contribution in [3.63, 3.8) is 0 Å². The first-order chi connectivity index (χ1) is 39.9. The lowest BCUT2D eigenvalue weighted by atomic mass is 10.0. The Morgan fingerprint density at radius 2 is 0.829 bits per heavy atom. The van der Waals surface area contributed by atoms with Crippen LogP contribution in [0.2, 0.25) is 0 Å². The van der Waals surface area contributed by atoms with Crippen LogP contribution in [0.25, 0.3) is 0 Å². The summed E-state index contributed by atoms with van der Waals surface area (Å²) >= 11 is 0. The minimum atomic E-state index is -4.72. The van der Waals surface area contributed by atoms with Gasteiger partial charge in [0.05, 0.1) is 33.8 Å². The molecule has 0 aromatic carbocycles. The van der Waals surface area contributed by atoms with Crippen molar-refractivity contribution in [3.8, 4) is 0 Å². The van der Waals surface area contributed by atoms with Gasteiger partial charge in [0.1, 0.15) is 19.3 Å². The van der Waals surface area contributed by atoms with Crippen LogP contribution < -0.4 is 10.2 Å². The quantitative estimate of drug-likeness (QED) is 0.0161. The van der Waals surface area contributed by atoms with Gasteiger partial charge in [-0.15, -0.1) is 0 Å². The van der Waals surface area contributed by atoms with Gasteiger partial charge in [0.2, 0.25) is 5.91 Å². The normalized spacial score (nSPS) is 14.3. The van der Waals surface area contributed by atoms with Gasteiger partial charge in [0, 0.05) is 12.8 Å². The molecule has 82 heavy (non-hydrogen) atoms. The highest BCUT2D eigenvalue weighted by atomic mass is 31.2. The zero-order chi connectivity index (χ0) is 60.0. The number of phosphoric ester groups is 1. The number of amides is 1. The van der Waals surface area contributed by atoms with E-state index >= 15 is 0 Å². The minimum Gasteiger partial charge on any atom is -0.756 e. The first kappa shape index (κ1) is 78.7. The van der Waals surface area contributed by atoms with E-state index in [0.29, 0.717) is 23.9 Å². The lowest BCUT2D eigenvalue weighted by Gasteiger charge is -2.30. The fourth-order valence-electron chi connectivity index (χ4n) is 9.41. The Morgan fingerprint density at radius 1 is 0.451 bits per heavy atom. The molecule has 0 rings (SSSR count). The van der Waals surface area contributed by atoms with Crippen LogP contribution in [0.1, 0.15) is 284 Å². The first-order valence-electron chi connectivity index (χ1n) is 33.8. The molecule has 472 valence electrons. The Hall–Kier alpha value is -3.33. The van der Waals surface area contributed by atoms with Crippen molar-refractivity contribution in [2.24, 2.45) is 0 Å². The molecule has 0 aromatic heterocycles. The third-order valence-electron chi connectivity index (χ3n) is 14.6. The van der Waals surface area contributed by atoms with Crippen molar-refractivity contribution >= 4 is 19.7 Å². The number of hydrogen-bond donors (Lipinski definition) is 1. The van der Waals surface area contributed by atoms with Gasteiger partial charge in [-0.25, -0.2) is 0 Å². The lowest BCUT2D eigenvalue weighted by molar-refractivity contribution is -0.870. The number of carbonyl (C=O) groups excluding carboxylic acids is 2. The maximum Gasteiger partial charge on any atom is 0.306 e. The Balaban J connectivity index is 5.11. The highest BCUT2D eigenvalue weighted by molar-refractivity contribution is 7.45. The van der Waals surface area contributed by atoms with Crippen LogP contribution in [-0.2, 0) is 27.9 Å². The summed E-state index contributed by atoms with van der Waals surface area (Å²) in [6.07, 6.45) is 83.6. The second kappa shape index (κ2) is 60.8. The number of allylic oxidation sites excluding steroid dienone is 17.